The molecule has 146 valence electrons. The summed E-state index contributed by atoms with van der Waals surface area (Å²) in [7, 11) is 1.29. The molecular formula is C20H25ClN2O4. The lowest BCUT2D eigenvalue weighted by molar-refractivity contribution is -0.130. The van der Waals surface area contributed by atoms with E-state index in [1.54, 1.807) is 6.07 Å². The largest absolute Gasteiger partial charge is 0.465 e. The van der Waals surface area contributed by atoms with Gasteiger partial charge in [-0.2, -0.15) is 0 Å². The number of carbonyl (C=O) groups is 3. The van der Waals surface area contributed by atoms with Crippen molar-refractivity contribution in [2.24, 2.45) is 5.92 Å². The maximum atomic E-state index is 12.7. The van der Waals surface area contributed by atoms with Gasteiger partial charge >= 0.3 is 5.97 Å². The third kappa shape index (κ3) is 4.61. The number of methoxy groups -OCH3 is 1. The zero-order valence-electron chi connectivity index (χ0n) is 15.5. The molecule has 1 aromatic rings. The van der Waals surface area contributed by atoms with Gasteiger partial charge in [0.15, 0.2) is 0 Å². The lowest BCUT2D eigenvalue weighted by Crippen LogP contribution is -2.37. The molecule has 1 heterocycles. The first kappa shape index (κ1) is 19.7. The van der Waals surface area contributed by atoms with Crippen LogP contribution in [0, 0.1) is 5.92 Å². The number of hydrogen-bond acceptors (Lipinski definition) is 4. The fourth-order valence-electron chi connectivity index (χ4n) is 3.93. The number of esters is 1. The highest BCUT2D eigenvalue weighted by atomic mass is 35.5. The SMILES string of the molecule is COC(=O)c1ccc(Cl)c(NC(=O)C2CC(=O)N(C3CCCCCC3)C2)c1. The van der Waals surface area contributed by atoms with E-state index >= 15 is 0 Å². The van der Waals surface area contributed by atoms with Gasteiger partial charge in [0.25, 0.3) is 0 Å². The van der Waals surface area contributed by atoms with Crippen LogP contribution in [0.5, 0.6) is 0 Å². The Balaban J connectivity index is 1.66. The van der Waals surface area contributed by atoms with E-state index in [1.807, 2.05) is 4.90 Å². The molecule has 2 fully saturated rings. The monoisotopic (exact) mass is 392 g/mol. The Labute approximate surface area is 164 Å². The maximum absolute atomic E-state index is 12.7. The third-order valence-corrected chi connectivity index (χ3v) is 5.77. The van der Waals surface area contributed by atoms with Gasteiger partial charge in [0.1, 0.15) is 0 Å². The van der Waals surface area contributed by atoms with Crippen LogP contribution in [-0.4, -0.2) is 42.4 Å². The number of nitrogens with one attached hydrogen (secondary N) is 1. The summed E-state index contributed by atoms with van der Waals surface area (Å²) in [4.78, 5) is 38.7. The molecule has 1 saturated heterocycles. The van der Waals surface area contributed by atoms with Gasteiger partial charge in [-0.25, -0.2) is 4.79 Å². The van der Waals surface area contributed by atoms with Crippen molar-refractivity contribution in [3.8, 4) is 0 Å². The van der Waals surface area contributed by atoms with E-state index in [2.05, 4.69) is 5.32 Å². The second kappa shape index (κ2) is 8.74. The van der Waals surface area contributed by atoms with Gasteiger partial charge in [0.2, 0.25) is 11.8 Å². The highest BCUT2D eigenvalue weighted by molar-refractivity contribution is 6.33. The third-order valence-electron chi connectivity index (χ3n) is 5.44. The van der Waals surface area contributed by atoms with E-state index in [0.717, 1.165) is 25.7 Å². The van der Waals surface area contributed by atoms with Gasteiger partial charge in [-0.15, -0.1) is 0 Å². The molecule has 2 aliphatic rings. The second-order valence-corrected chi connectivity index (χ2v) is 7.68. The molecule has 1 aliphatic heterocycles. The van der Waals surface area contributed by atoms with Gasteiger partial charge in [0, 0.05) is 19.0 Å². The van der Waals surface area contributed by atoms with Crippen LogP contribution in [0.1, 0.15) is 55.3 Å². The summed E-state index contributed by atoms with van der Waals surface area (Å²) in [5.41, 5.74) is 0.657. The number of benzene rings is 1. The van der Waals surface area contributed by atoms with Crippen molar-refractivity contribution in [2.75, 3.05) is 19.0 Å². The predicted molar refractivity (Wildman–Crippen MR) is 103 cm³/mol. The number of carbonyl (C=O) groups excluding carboxylic acids is 3. The number of rotatable bonds is 4. The lowest BCUT2D eigenvalue weighted by atomic mass is 10.1. The van der Waals surface area contributed by atoms with Crippen molar-refractivity contribution in [1.29, 1.82) is 0 Å². The van der Waals surface area contributed by atoms with E-state index in [0.29, 0.717) is 22.8 Å². The van der Waals surface area contributed by atoms with Crippen molar-refractivity contribution in [3.63, 3.8) is 0 Å². The van der Waals surface area contributed by atoms with Crippen molar-refractivity contribution in [2.45, 2.75) is 51.0 Å². The summed E-state index contributed by atoms with van der Waals surface area (Å²) in [5.74, 6) is -1.10. The standard InChI is InChI=1S/C20H25ClN2O4/c1-27-20(26)13-8-9-16(21)17(10-13)22-19(25)14-11-18(24)23(12-14)15-6-4-2-3-5-7-15/h8-10,14-15H,2-7,11-12H2,1H3,(H,22,25). The van der Waals surface area contributed by atoms with E-state index in [-0.39, 0.29) is 24.3 Å². The number of nitrogens with zero attached hydrogens (tertiary/aromatic N) is 1. The average Bonchev–Trinajstić information content (AvgIpc) is 2.87. The fraction of sp³-hybridized carbons (Fsp3) is 0.550. The molecule has 1 saturated carbocycles. The van der Waals surface area contributed by atoms with E-state index in [4.69, 9.17) is 16.3 Å². The first-order valence-corrected chi connectivity index (χ1v) is 9.85. The molecule has 1 aliphatic carbocycles. The Morgan fingerprint density at radius 3 is 2.56 bits per heavy atom. The number of amides is 2. The van der Waals surface area contributed by atoms with Crippen LogP contribution in [-0.2, 0) is 14.3 Å². The summed E-state index contributed by atoms with van der Waals surface area (Å²) < 4.78 is 4.70. The molecule has 3 rings (SSSR count). The maximum Gasteiger partial charge on any atom is 0.337 e. The van der Waals surface area contributed by atoms with E-state index in [1.165, 1.54) is 32.1 Å². The molecule has 2 amide bonds. The van der Waals surface area contributed by atoms with Gasteiger partial charge in [-0.3, -0.25) is 9.59 Å². The molecule has 0 bridgehead atoms. The number of anilines is 1. The first-order valence-electron chi connectivity index (χ1n) is 9.48. The molecule has 1 atom stereocenters. The van der Waals surface area contributed by atoms with Crippen LogP contribution in [0.2, 0.25) is 5.02 Å². The minimum atomic E-state index is -0.502. The van der Waals surface area contributed by atoms with Gasteiger partial charge in [-0.05, 0) is 31.0 Å². The van der Waals surface area contributed by atoms with Crippen LogP contribution in [0.3, 0.4) is 0 Å². The van der Waals surface area contributed by atoms with Gasteiger partial charge in [-0.1, -0.05) is 37.3 Å². The number of halogens is 1. The van der Waals surface area contributed by atoms with Crippen molar-refractivity contribution >= 4 is 35.1 Å². The molecule has 27 heavy (non-hydrogen) atoms. The zero-order chi connectivity index (χ0) is 19.4. The van der Waals surface area contributed by atoms with E-state index < -0.39 is 11.9 Å². The summed E-state index contributed by atoms with van der Waals surface area (Å²) in [5, 5.41) is 3.10. The molecule has 1 N–H and O–H groups in total. The molecule has 0 aromatic heterocycles. The minimum Gasteiger partial charge on any atom is -0.465 e. The average molecular weight is 393 g/mol. The molecule has 6 nitrogen and oxygen atoms in total. The second-order valence-electron chi connectivity index (χ2n) is 7.27. The summed E-state index contributed by atoms with van der Waals surface area (Å²) in [6, 6.07) is 4.83. The number of hydrogen-bond donors (Lipinski definition) is 1. The Morgan fingerprint density at radius 1 is 1.19 bits per heavy atom. The summed E-state index contributed by atoms with van der Waals surface area (Å²) >= 11 is 6.15. The Bertz CT molecular complexity index is 729. The predicted octanol–water partition coefficient (Wildman–Crippen LogP) is 3.64. The van der Waals surface area contributed by atoms with Crippen LogP contribution in [0.25, 0.3) is 0 Å². The van der Waals surface area contributed by atoms with E-state index in [9.17, 15) is 14.4 Å². The highest BCUT2D eigenvalue weighted by Gasteiger charge is 2.38. The number of ether oxygens (including phenoxy) is 1. The molecule has 1 unspecified atom stereocenters. The highest BCUT2D eigenvalue weighted by Crippen LogP contribution is 2.30. The zero-order valence-corrected chi connectivity index (χ0v) is 16.3. The summed E-state index contributed by atoms with van der Waals surface area (Å²) in [6.07, 6.45) is 6.98. The lowest BCUT2D eigenvalue weighted by Gasteiger charge is -2.27. The molecular weight excluding hydrogens is 368 g/mol. The Morgan fingerprint density at radius 2 is 1.89 bits per heavy atom. The van der Waals surface area contributed by atoms with Crippen molar-refractivity contribution in [3.05, 3.63) is 28.8 Å². The van der Waals surface area contributed by atoms with Crippen molar-refractivity contribution in [1.82, 2.24) is 4.90 Å². The van der Waals surface area contributed by atoms with Gasteiger partial charge < -0.3 is 15.0 Å². The Hall–Kier alpha value is -2.08. The molecule has 7 heteroatoms. The topological polar surface area (TPSA) is 75.7 Å². The molecule has 0 spiro atoms. The summed E-state index contributed by atoms with van der Waals surface area (Å²) in [6.45, 7) is 0.448. The Kier molecular flexibility index (Phi) is 6.37. The smallest absolute Gasteiger partial charge is 0.337 e. The minimum absolute atomic E-state index is 0.0523. The van der Waals surface area contributed by atoms with Crippen LogP contribution < -0.4 is 5.32 Å². The fourth-order valence-corrected chi connectivity index (χ4v) is 4.10. The quantitative estimate of drug-likeness (QED) is 0.627. The van der Waals surface area contributed by atoms with Gasteiger partial charge in [0.05, 0.1) is 29.3 Å². The van der Waals surface area contributed by atoms with Crippen LogP contribution in [0.4, 0.5) is 5.69 Å². The molecule has 0 radical (unpaired) electrons. The number of likely N-dealkylation sites (tertiary alicyclic amines) is 1. The van der Waals surface area contributed by atoms with Crippen LogP contribution in [0.15, 0.2) is 18.2 Å². The molecule has 1 aromatic carbocycles. The normalized spacial score (nSPS) is 21.0. The first-order chi connectivity index (χ1) is 13.0. The van der Waals surface area contributed by atoms with Crippen molar-refractivity contribution < 1.29 is 19.1 Å². The van der Waals surface area contributed by atoms with Crippen LogP contribution >= 0.6 is 11.6 Å².